The second-order valence-corrected chi connectivity index (χ2v) is 1.32. The van der Waals surface area contributed by atoms with Gasteiger partial charge in [-0.1, -0.05) is 0 Å². The van der Waals surface area contributed by atoms with Gasteiger partial charge >= 0.3 is 18.6 Å². The fourth-order valence-electron chi connectivity index (χ4n) is 0.342. The van der Waals surface area contributed by atoms with Crippen LogP contribution in [0.3, 0.4) is 0 Å². The van der Waals surface area contributed by atoms with Crippen LogP contribution in [-0.2, 0) is 23.4 Å². The summed E-state index contributed by atoms with van der Waals surface area (Å²) in [6.45, 7) is 0. The van der Waals surface area contributed by atoms with Crippen molar-refractivity contribution in [1.29, 1.82) is 0 Å². The Labute approximate surface area is 77.8 Å². The predicted molar refractivity (Wildman–Crippen MR) is 38.3 cm³/mol. The Morgan fingerprint density at radius 2 is 1.73 bits per heavy atom. The Balaban J connectivity index is 0. The summed E-state index contributed by atoms with van der Waals surface area (Å²) in [5, 5.41) is 0. The molecule has 0 saturated carbocycles. The zero-order valence-electron chi connectivity index (χ0n) is 5.82. The Bertz CT molecular complexity index is 131. The molecule has 1 radical (unpaired) electrons. The van der Waals surface area contributed by atoms with Crippen molar-refractivity contribution in [2.45, 2.75) is 0 Å². The van der Waals surface area contributed by atoms with E-state index in [2.05, 4.69) is 11.9 Å². The van der Waals surface area contributed by atoms with Crippen molar-refractivity contribution in [3.63, 3.8) is 0 Å². The summed E-state index contributed by atoms with van der Waals surface area (Å²) < 4.78 is 0. The molecule has 3 nitrogen and oxygen atoms in total. The average molecular weight is 187 g/mol. The van der Waals surface area contributed by atoms with Gasteiger partial charge < -0.3 is 10.2 Å². The number of rotatable bonds is 1. The Hall–Kier alpha value is -0.766. The molecule has 1 aromatic rings. The third-order valence-electron chi connectivity index (χ3n) is 0.666. The molecule has 0 aliphatic heterocycles. The summed E-state index contributed by atoms with van der Waals surface area (Å²) in [7, 11) is 0. The summed E-state index contributed by atoms with van der Waals surface area (Å²) in [6.07, 6.45) is 1.21. The van der Waals surface area contributed by atoms with E-state index < -0.39 is 0 Å². The predicted octanol–water partition coefficient (Wildman–Crippen LogP) is 0.00119. The van der Waals surface area contributed by atoms with E-state index >= 15 is 0 Å². The van der Waals surface area contributed by atoms with Gasteiger partial charge in [0.2, 0.25) is 0 Å². The molecule has 0 aliphatic rings. The van der Waals surface area contributed by atoms with Crippen LogP contribution in [-0.4, -0.2) is 6.41 Å². The SMILES string of the molecule is NN[C-]=O.[V+2].[c-]1ccccc1. The number of benzene rings is 1. The van der Waals surface area contributed by atoms with Gasteiger partial charge in [-0.3, -0.25) is 5.84 Å². The quantitative estimate of drug-likeness (QED) is 0.214. The third kappa shape index (κ3) is 12.4. The first-order chi connectivity index (χ1) is 4.91. The van der Waals surface area contributed by atoms with Gasteiger partial charge in [-0.15, -0.1) is 0 Å². The van der Waals surface area contributed by atoms with Crippen molar-refractivity contribution < 1.29 is 23.4 Å². The van der Waals surface area contributed by atoms with Crippen LogP contribution in [0.5, 0.6) is 0 Å². The fraction of sp³-hybridized carbons (Fsp3) is 0. The third-order valence-corrected chi connectivity index (χ3v) is 0.666. The summed E-state index contributed by atoms with van der Waals surface area (Å²) in [6, 6.07) is 12.5. The van der Waals surface area contributed by atoms with Crippen LogP contribution in [0.25, 0.3) is 0 Å². The molecule has 1 rings (SSSR count). The van der Waals surface area contributed by atoms with Crippen molar-refractivity contribution in [1.82, 2.24) is 5.43 Å². The number of nitrogens with two attached hydrogens (primary N) is 1. The van der Waals surface area contributed by atoms with E-state index in [0.717, 1.165) is 0 Å². The van der Waals surface area contributed by atoms with Crippen molar-refractivity contribution in [2.75, 3.05) is 0 Å². The molecule has 0 bridgehead atoms. The molecule has 0 heterocycles. The standard InChI is InChI=1S/C6H5.CH3N2O.V/c1-2-4-6-5-3-1;2-3-1-4;/h1-5H;2H2,(H,3,4);/q2*-1;+2. The van der Waals surface area contributed by atoms with Gasteiger partial charge in [0.15, 0.2) is 0 Å². The van der Waals surface area contributed by atoms with Crippen molar-refractivity contribution >= 4 is 6.41 Å². The van der Waals surface area contributed by atoms with E-state index in [-0.39, 0.29) is 18.6 Å². The minimum Gasteiger partial charge on any atom is -0.519 e. The van der Waals surface area contributed by atoms with E-state index in [1.165, 1.54) is 6.41 Å². The minimum absolute atomic E-state index is 0. The number of hydrazine groups is 1. The smallest absolute Gasteiger partial charge is 0.519 e. The normalized spacial score (nSPS) is 6.27. The molecule has 11 heavy (non-hydrogen) atoms. The van der Waals surface area contributed by atoms with Crippen LogP contribution in [0.2, 0.25) is 0 Å². The summed E-state index contributed by atoms with van der Waals surface area (Å²) in [5.74, 6) is 4.35. The van der Waals surface area contributed by atoms with Crippen LogP contribution in [0, 0.1) is 6.07 Å². The first kappa shape index (κ1) is 12.9. The molecule has 1 amide bonds. The van der Waals surface area contributed by atoms with Gasteiger partial charge in [-0.05, 0) is 0 Å². The molecule has 0 unspecified atom stereocenters. The number of nitrogens with one attached hydrogen (secondary N) is 1. The van der Waals surface area contributed by atoms with Crippen molar-refractivity contribution in [3.8, 4) is 0 Å². The Morgan fingerprint density at radius 1 is 1.27 bits per heavy atom. The van der Waals surface area contributed by atoms with Crippen LogP contribution in [0.1, 0.15) is 0 Å². The summed E-state index contributed by atoms with van der Waals surface area (Å²) in [5.41, 5.74) is 1.62. The number of amides is 1. The number of carbonyl (C=O) groups excluding carboxylic acids is 1. The first-order valence-corrected chi connectivity index (χ1v) is 2.65. The van der Waals surface area contributed by atoms with Gasteiger partial charge in [0.25, 0.3) is 0 Å². The van der Waals surface area contributed by atoms with Crippen molar-refractivity contribution in [3.05, 3.63) is 36.4 Å². The van der Waals surface area contributed by atoms with Gasteiger partial charge in [-0.2, -0.15) is 42.8 Å². The molecule has 57 valence electrons. The second kappa shape index (κ2) is 12.0. The van der Waals surface area contributed by atoms with Crippen molar-refractivity contribution in [2.24, 2.45) is 5.84 Å². The van der Waals surface area contributed by atoms with Gasteiger partial charge in [0.05, 0.1) is 0 Å². The van der Waals surface area contributed by atoms with Crippen LogP contribution in [0.15, 0.2) is 30.3 Å². The second-order valence-electron chi connectivity index (χ2n) is 1.32. The molecule has 0 aliphatic carbocycles. The molecular weight excluding hydrogens is 179 g/mol. The van der Waals surface area contributed by atoms with Crippen LogP contribution < -0.4 is 11.3 Å². The summed E-state index contributed by atoms with van der Waals surface area (Å²) in [4.78, 5) is 8.81. The zero-order chi connectivity index (χ0) is 7.66. The van der Waals surface area contributed by atoms with Gasteiger partial charge in [-0.25, -0.2) is 0 Å². The van der Waals surface area contributed by atoms with E-state index in [1.807, 2.05) is 30.3 Å². The number of hydrogen-bond donors (Lipinski definition) is 2. The topological polar surface area (TPSA) is 55.1 Å². The van der Waals surface area contributed by atoms with Gasteiger partial charge in [0.1, 0.15) is 0 Å². The van der Waals surface area contributed by atoms with Gasteiger partial charge in [0, 0.05) is 0 Å². The maximum atomic E-state index is 8.81. The van der Waals surface area contributed by atoms with Crippen LogP contribution >= 0.6 is 0 Å². The molecule has 4 heteroatoms. The molecule has 0 saturated heterocycles. The Kier molecular flexibility index (Phi) is 14.0. The minimum atomic E-state index is 0. The molecule has 0 aromatic heterocycles. The molecule has 0 atom stereocenters. The summed E-state index contributed by atoms with van der Waals surface area (Å²) >= 11 is 0. The maximum absolute atomic E-state index is 8.81. The Morgan fingerprint density at radius 3 is 1.82 bits per heavy atom. The molecule has 0 spiro atoms. The van der Waals surface area contributed by atoms with E-state index in [0.29, 0.717) is 0 Å². The van der Waals surface area contributed by atoms with E-state index in [1.54, 1.807) is 5.43 Å². The van der Waals surface area contributed by atoms with E-state index in [4.69, 9.17) is 4.79 Å². The molecular formula is C7H8N2OV. The monoisotopic (exact) mass is 187 g/mol. The largest absolute Gasteiger partial charge is 2.00 e. The maximum Gasteiger partial charge on any atom is 2.00 e. The molecule has 0 fully saturated rings. The first-order valence-electron chi connectivity index (χ1n) is 2.65. The molecule has 1 aromatic carbocycles. The van der Waals surface area contributed by atoms with E-state index in [9.17, 15) is 0 Å². The number of hydrogen-bond acceptors (Lipinski definition) is 2. The fourth-order valence-corrected chi connectivity index (χ4v) is 0.342. The average Bonchev–Trinajstić information content (AvgIpc) is 2.08. The zero-order valence-corrected chi connectivity index (χ0v) is 7.22. The van der Waals surface area contributed by atoms with Crippen LogP contribution in [0.4, 0.5) is 0 Å². The molecule has 3 N–H and O–H groups in total.